The summed E-state index contributed by atoms with van der Waals surface area (Å²) in [4.78, 5) is 9.43. The van der Waals surface area contributed by atoms with Crippen molar-refractivity contribution in [1.82, 2.24) is 14.8 Å². The van der Waals surface area contributed by atoms with Crippen LogP contribution in [0.5, 0.6) is 17.2 Å². The van der Waals surface area contributed by atoms with Gasteiger partial charge >= 0.3 is 0 Å². The second-order valence-corrected chi connectivity index (χ2v) is 14.1. The minimum absolute atomic E-state index is 0.300. The number of rotatable bonds is 20. The summed E-state index contributed by atoms with van der Waals surface area (Å²) in [5.74, 6) is 1.59. The van der Waals surface area contributed by atoms with Crippen LogP contribution in [-0.4, -0.2) is 115 Å². The number of benzene rings is 2. The number of pyridine rings is 1. The fraction of sp³-hybridized carbons (Fsp3) is 0.568. The van der Waals surface area contributed by atoms with Crippen molar-refractivity contribution in [2.45, 2.75) is 33.6 Å². The zero-order valence-electron chi connectivity index (χ0n) is 30.0. The molecular weight excluding hydrogens is 681 g/mol. The Morgan fingerprint density at radius 3 is 2.06 bits per heavy atom. The molecule has 1 aliphatic rings. The van der Waals surface area contributed by atoms with E-state index in [2.05, 4.69) is 46.9 Å². The lowest BCUT2D eigenvalue weighted by molar-refractivity contribution is 0.00465. The highest BCUT2D eigenvalue weighted by molar-refractivity contribution is 6.37. The number of nitriles is 1. The molecule has 0 unspecified atom stereocenters. The van der Waals surface area contributed by atoms with Crippen molar-refractivity contribution in [1.29, 1.82) is 5.26 Å². The Bertz CT molecular complexity index is 1560. The van der Waals surface area contributed by atoms with Gasteiger partial charge in [-0.15, -0.1) is 0 Å². The molecule has 274 valence electrons. The number of hydrogen-bond donors (Lipinski definition) is 1. The fourth-order valence-corrected chi connectivity index (χ4v) is 5.94. The minimum atomic E-state index is 0.300. The van der Waals surface area contributed by atoms with E-state index < -0.39 is 0 Å². The average Bonchev–Trinajstić information content (AvgIpc) is 3.10. The summed E-state index contributed by atoms with van der Waals surface area (Å²) >= 11 is 12.7. The van der Waals surface area contributed by atoms with E-state index in [1.54, 1.807) is 19.2 Å². The molecule has 0 atom stereocenters. The minimum Gasteiger partial charge on any atom is -0.495 e. The van der Waals surface area contributed by atoms with Crippen LogP contribution in [0.25, 0.3) is 10.9 Å². The van der Waals surface area contributed by atoms with Crippen molar-refractivity contribution in [2.75, 3.05) is 105 Å². The third-order valence-corrected chi connectivity index (χ3v) is 9.02. The molecule has 2 aromatic carbocycles. The Kier molecular flexibility index (Phi) is 15.9. The molecule has 1 fully saturated rings. The van der Waals surface area contributed by atoms with Gasteiger partial charge in [0.15, 0.2) is 11.5 Å². The van der Waals surface area contributed by atoms with Gasteiger partial charge in [-0.1, -0.05) is 44.0 Å². The summed E-state index contributed by atoms with van der Waals surface area (Å²) < 4.78 is 34.2. The largest absolute Gasteiger partial charge is 0.495 e. The summed E-state index contributed by atoms with van der Waals surface area (Å²) in [7, 11) is 3.12. The van der Waals surface area contributed by atoms with Gasteiger partial charge in [0.05, 0.1) is 86.4 Å². The quantitative estimate of drug-likeness (QED) is 0.121. The second-order valence-electron chi connectivity index (χ2n) is 13.3. The average molecular weight is 733 g/mol. The van der Waals surface area contributed by atoms with E-state index in [-0.39, 0.29) is 0 Å². The van der Waals surface area contributed by atoms with Crippen molar-refractivity contribution in [3.05, 3.63) is 46.1 Å². The zero-order chi connectivity index (χ0) is 35.9. The number of fused-ring (bicyclic) bond motifs is 1. The number of nitrogens with zero attached hydrogens (tertiary/aromatic N) is 4. The first-order chi connectivity index (χ1) is 24.1. The number of halogens is 2. The van der Waals surface area contributed by atoms with Crippen molar-refractivity contribution < 1.29 is 28.4 Å². The topological polar surface area (TPSA) is 111 Å². The van der Waals surface area contributed by atoms with Gasteiger partial charge in [0, 0.05) is 69.6 Å². The smallest absolute Gasteiger partial charge is 0.163 e. The molecule has 11 nitrogen and oxygen atoms in total. The third kappa shape index (κ3) is 12.3. The fourth-order valence-electron chi connectivity index (χ4n) is 5.43. The number of anilines is 2. The molecule has 1 N–H and O–H groups in total. The predicted molar refractivity (Wildman–Crippen MR) is 199 cm³/mol. The highest BCUT2D eigenvalue weighted by atomic mass is 35.5. The van der Waals surface area contributed by atoms with Gasteiger partial charge in [-0.3, -0.25) is 9.88 Å². The highest BCUT2D eigenvalue weighted by Crippen LogP contribution is 2.40. The Morgan fingerprint density at radius 2 is 1.42 bits per heavy atom. The van der Waals surface area contributed by atoms with Crippen LogP contribution in [-0.2, 0) is 14.2 Å². The van der Waals surface area contributed by atoms with E-state index in [1.165, 1.54) is 13.3 Å². The summed E-state index contributed by atoms with van der Waals surface area (Å²) in [6, 6.07) is 9.14. The molecule has 0 aliphatic carbocycles. The number of methoxy groups -OCH3 is 2. The summed E-state index contributed by atoms with van der Waals surface area (Å²) in [6.45, 7) is 17.0. The molecule has 0 amide bonds. The van der Waals surface area contributed by atoms with Gasteiger partial charge in [-0.05, 0) is 30.4 Å². The summed E-state index contributed by atoms with van der Waals surface area (Å²) in [5.41, 5.74) is 2.36. The molecular formula is C37H51Cl2N5O6. The van der Waals surface area contributed by atoms with Gasteiger partial charge in [-0.25, -0.2) is 0 Å². The van der Waals surface area contributed by atoms with Crippen LogP contribution in [0.15, 0.2) is 30.5 Å². The standard InChI is InChI=1S/C37H51Cl2N5O6/c1-37(2,3)7-15-47-17-19-49-20-18-48-16-13-44-11-9-43(10-12-44)8-6-14-50-35-23-31-28(21-34(35)46-5)36(27(25-40)26-41-31)42-32-24-33(45-4)30(39)22-29(32)38/h21-24,26H,6-20H2,1-5H3,(H,41,42). The first kappa shape index (κ1) is 39.7. The van der Waals surface area contributed by atoms with Gasteiger partial charge < -0.3 is 38.6 Å². The number of nitrogens with one attached hydrogen (secondary N) is 1. The molecule has 3 aromatic rings. The molecule has 0 bridgehead atoms. The van der Waals surface area contributed by atoms with E-state index in [9.17, 15) is 5.26 Å². The van der Waals surface area contributed by atoms with Gasteiger partial charge in [0.25, 0.3) is 0 Å². The van der Waals surface area contributed by atoms with Gasteiger partial charge in [0.2, 0.25) is 0 Å². The number of ether oxygens (including phenoxy) is 6. The molecule has 0 radical (unpaired) electrons. The third-order valence-electron chi connectivity index (χ3n) is 8.41. The maximum atomic E-state index is 9.85. The lowest BCUT2D eigenvalue weighted by Gasteiger charge is -2.34. The Balaban J connectivity index is 1.17. The predicted octanol–water partition coefficient (Wildman–Crippen LogP) is 7.05. The van der Waals surface area contributed by atoms with Crippen LogP contribution >= 0.6 is 23.2 Å². The summed E-state index contributed by atoms with van der Waals surface area (Å²) in [5, 5.41) is 14.6. The summed E-state index contributed by atoms with van der Waals surface area (Å²) in [6.07, 6.45) is 3.44. The van der Waals surface area contributed by atoms with Crippen LogP contribution in [0.1, 0.15) is 39.2 Å². The van der Waals surface area contributed by atoms with Crippen LogP contribution < -0.4 is 19.5 Å². The second kappa shape index (κ2) is 20.1. The van der Waals surface area contributed by atoms with Crippen LogP contribution in [0.3, 0.4) is 0 Å². The monoisotopic (exact) mass is 731 g/mol. The molecule has 1 aromatic heterocycles. The van der Waals surface area contributed by atoms with E-state index in [4.69, 9.17) is 51.6 Å². The number of aromatic nitrogens is 1. The maximum absolute atomic E-state index is 9.85. The normalized spacial score (nSPS) is 14.1. The maximum Gasteiger partial charge on any atom is 0.163 e. The van der Waals surface area contributed by atoms with Crippen LogP contribution in [0.2, 0.25) is 10.0 Å². The Hall–Kier alpha value is -3.08. The van der Waals surface area contributed by atoms with Crippen molar-refractivity contribution in [2.24, 2.45) is 5.41 Å². The zero-order valence-corrected chi connectivity index (χ0v) is 31.5. The van der Waals surface area contributed by atoms with Crippen molar-refractivity contribution >= 4 is 45.5 Å². The molecule has 2 heterocycles. The van der Waals surface area contributed by atoms with Crippen molar-refractivity contribution in [3.63, 3.8) is 0 Å². The molecule has 0 saturated carbocycles. The molecule has 4 rings (SSSR count). The Morgan fingerprint density at radius 1 is 0.780 bits per heavy atom. The first-order valence-electron chi connectivity index (χ1n) is 17.1. The SMILES string of the molecule is COc1cc(Nc2c(C#N)cnc3cc(OCCCN4CCN(CCOCCOCCOCCC(C)(C)C)CC4)c(OC)cc23)c(Cl)cc1Cl. The highest BCUT2D eigenvalue weighted by Gasteiger charge is 2.19. The van der Waals surface area contributed by atoms with E-state index in [0.717, 1.165) is 58.7 Å². The van der Waals surface area contributed by atoms with Crippen LogP contribution in [0, 0.1) is 16.7 Å². The molecule has 0 spiro atoms. The van der Waals surface area contributed by atoms with E-state index in [0.29, 0.717) is 100 Å². The van der Waals surface area contributed by atoms with E-state index >= 15 is 0 Å². The molecule has 13 heteroatoms. The molecule has 1 saturated heterocycles. The van der Waals surface area contributed by atoms with Gasteiger partial charge in [0.1, 0.15) is 11.8 Å². The van der Waals surface area contributed by atoms with E-state index in [1.807, 2.05) is 12.1 Å². The van der Waals surface area contributed by atoms with Crippen LogP contribution in [0.4, 0.5) is 11.4 Å². The van der Waals surface area contributed by atoms with Crippen molar-refractivity contribution in [3.8, 4) is 23.3 Å². The molecule has 1 aliphatic heterocycles. The van der Waals surface area contributed by atoms with Gasteiger partial charge in [-0.2, -0.15) is 5.26 Å². The Labute approximate surface area is 306 Å². The lowest BCUT2D eigenvalue weighted by atomic mass is 9.93. The number of piperazine rings is 1. The molecule has 50 heavy (non-hydrogen) atoms. The first-order valence-corrected chi connectivity index (χ1v) is 17.9. The lowest BCUT2D eigenvalue weighted by Crippen LogP contribution is -2.47. The number of hydrogen-bond acceptors (Lipinski definition) is 11.